The van der Waals surface area contributed by atoms with Gasteiger partial charge in [-0.15, -0.1) is 0 Å². The lowest BCUT2D eigenvalue weighted by Gasteiger charge is -2.44. The molecule has 1 saturated carbocycles. The maximum atomic E-state index is 13.3. The molecule has 1 aliphatic rings. The first-order valence-electron chi connectivity index (χ1n) is 7.90. The zero-order valence-electron chi connectivity index (χ0n) is 12.9. The Morgan fingerprint density at radius 3 is 2.10 bits per heavy atom. The molecule has 0 aliphatic heterocycles. The largest absolute Gasteiger partial charge is 0.391 e. The van der Waals surface area contributed by atoms with Gasteiger partial charge in [-0.3, -0.25) is 4.90 Å². The lowest BCUT2D eigenvalue weighted by atomic mass is 9.84. The molecule has 0 saturated heterocycles. The van der Waals surface area contributed by atoms with E-state index in [2.05, 4.69) is 18.7 Å². The first kappa shape index (κ1) is 16.4. The molecule has 118 valence electrons. The molecule has 2 nitrogen and oxygen atoms in total. The van der Waals surface area contributed by atoms with E-state index in [1.807, 2.05) is 0 Å². The van der Waals surface area contributed by atoms with Gasteiger partial charge in [0.1, 0.15) is 11.6 Å². The number of hydrogen-bond acceptors (Lipinski definition) is 2. The zero-order valence-corrected chi connectivity index (χ0v) is 12.9. The van der Waals surface area contributed by atoms with E-state index in [1.165, 1.54) is 12.1 Å². The van der Waals surface area contributed by atoms with E-state index in [0.29, 0.717) is 12.0 Å². The van der Waals surface area contributed by atoms with Gasteiger partial charge in [-0.25, -0.2) is 8.78 Å². The van der Waals surface area contributed by atoms with Crippen LogP contribution in [-0.2, 0) is 6.42 Å². The second-order valence-electron chi connectivity index (χ2n) is 5.98. The molecule has 0 amide bonds. The van der Waals surface area contributed by atoms with E-state index in [9.17, 15) is 13.9 Å². The SMILES string of the molecule is CCN(CC)C1(C(O)Cc2cc(F)cc(F)c2)CCCC1. The van der Waals surface area contributed by atoms with Gasteiger partial charge in [0.25, 0.3) is 0 Å². The van der Waals surface area contributed by atoms with E-state index in [0.717, 1.165) is 44.8 Å². The first-order valence-corrected chi connectivity index (χ1v) is 7.90. The first-order chi connectivity index (χ1) is 10.0. The predicted octanol–water partition coefficient (Wildman–Crippen LogP) is 3.52. The summed E-state index contributed by atoms with van der Waals surface area (Å²) in [4.78, 5) is 2.31. The molecule has 21 heavy (non-hydrogen) atoms. The van der Waals surface area contributed by atoms with Gasteiger partial charge in [0.05, 0.1) is 6.10 Å². The Bertz CT molecular complexity index is 448. The van der Waals surface area contributed by atoms with Gasteiger partial charge >= 0.3 is 0 Å². The predicted molar refractivity (Wildman–Crippen MR) is 80.2 cm³/mol. The van der Waals surface area contributed by atoms with Gasteiger partial charge in [-0.2, -0.15) is 0 Å². The van der Waals surface area contributed by atoms with Crippen molar-refractivity contribution < 1.29 is 13.9 Å². The van der Waals surface area contributed by atoms with Crippen molar-refractivity contribution in [2.24, 2.45) is 0 Å². The molecule has 1 atom stereocenters. The molecule has 1 aromatic carbocycles. The van der Waals surface area contributed by atoms with Crippen molar-refractivity contribution in [3.63, 3.8) is 0 Å². The highest BCUT2D eigenvalue weighted by atomic mass is 19.1. The number of halogens is 2. The van der Waals surface area contributed by atoms with Crippen LogP contribution in [0.3, 0.4) is 0 Å². The fourth-order valence-corrected chi connectivity index (χ4v) is 3.84. The van der Waals surface area contributed by atoms with Crippen LogP contribution in [-0.4, -0.2) is 34.7 Å². The summed E-state index contributed by atoms with van der Waals surface area (Å²) in [7, 11) is 0. The summed E-state index contributed by atoms with van der Waals surface area (Å²) in [5.74, 6) is -1.17. The Morgan fingerprint density at radius 2 is 1.62 bits per heavy atom. The van der Waals surface area contributed by atoms with Gasteiger partial charge in [0.2, 0.25) is 0 Å². The third kappa shape index (κ3) is 3.43. The van der Waals surface area contributed by atoms with Crippen molar-refractivity contribution in [2.75, 3.05) is 13.1 Å². The quantitative estimate of drug-likeness (QED) is 0.868. The van der Waals surface area contributed by atoms with Crippen LogP contribution in [0.4, 0.5) is 8.78 Å². The number of hydrogen-bond donors (Lipinski definition) is 1. The van der Waals surface area contributed by atoms with E-state index >= 15 is 0 Å². The molecule has 1 unspecified atom stereocenters. The standard InChI is InChI=1S/C17H25F2NO/c1-3-20(4-2)17(7-5-6-8-17)16(21)11-13-9-14(18)12-15(19)10-13/h9-10,12,16,21H,3-8,11H2,1-2H3. The Balaban J connectivity index is 2.20. The van der Waals surface area contributed by atoms with E-state index in [4.69, 9.17) is 0 Å². The number of rotatable bonds is 6. The summed E-state index contributed by atoms with van der Waals surface area (Å²) >= 11 is 0. The van der Waals surface area contributed by atoms with Gasteiger partial charge in [0, 0.05) is 18.0 Å². The molecule has 0 heterocycles. The molecule has 2 rings (SSSR count). The molecule has 1 aliphatic carbocycles. The molecular weight excluding hydrogens is 272 g/mol. The van der Waals surface area contributed by atoms with E-state index in [-0.39, 0.29) is 5.54 Å². The maximum absolute atomic E-state index is 13.3. The Morgan fingerprint density at radius 1 is 1.10 bits per heavy atom. The second-order valence-corrected chi connectivity index (χ2v) is 5.98. The lowest BCUT2D eigenvalue weighted by molar-refractivity contribution is -0.0245. The fourth-order valence-electron chi connectivity index (χ4n) is 3.84. The number of likely N-dealkylation sites (N-methyl/N-ethyl adjacent to an activating group) is 1. The third-order valence-corrected chi connectivity index (χ3v) is 4.83. The van der Waals surface area contributed by atoms with Crippen LogP contribution in [0.5, 0.6) is 0 Å². The molecular formula is C17H25F2NO. The average Bonchev–Trinajstić information content (AvgIpc) is 2.89. The number of nitrogens with zero attached hydrogens (tertiary/aromatic N) is 1. The topological polar surface area (TPSA) is 23.5 Å². The van der Waals surface area contributed by atoms with E-state index < -0.39 is 17.7 Å². The summed E-state index contributed by atoms with van der Waals surface area (Å²) in [6.07, 6.45) is 3.81. The highest BCUT2D eigenvalue weighted by molar-refractivity contribution is 5.20. The normalized spacial score (nSPS) is 19.1. The second kappa shape index (κ2) is 6.84. The zero-order chi connectivity index (χ0) is 15.5. The molecule has 0 aromatic heterocycles. The van der Waals surface area contributed by atoms with Crippen molar-refractivity contribution in [1.82, 2.24) is 4.90 Å². The fraction of sp³-hybridized carbons (Fsp3) is 0.647. The Hall–Kier alpha value is -1.00. The van der Waals surface area contributed by atoms with Gasteiger partial charge in [0.15, 0.2) is 0 Å². The minimum atomic E-state index is -0.596. The van der Waals surface area contributed by atoms with Crippen molar-refractivity contribution in [3.05, 3.63) is 35.4 Å². The molecule has 1 fully saturated rings. The smallest absolute Gasteiger partial charge is 0.126 e. The monoisotopic (exact) mass is 297 g/mol. The summed E-state index contributed by atoms with van der Waals surface area (Å²) < 4.78 is 26.6. The van der Waals surface area contributed by atoms with Crippen molar-refractivity contribution in [1.29, 1.82) is 0 Å². The summed E-state index contributed by atoms with van der Waals surface area (Å²) in [5, 5.41) is 10.8. The van der Waals surface area contributed by atoms with Crippen LogP contribution in [0, 0.1) is 11.6 Å². The van der Waals surface area contributed by atoms with Crippen LogP contribution in [0.15, 0.2) is 18.2 Å². The highest BCUT2D eigenvalue weighted by Crippen LogP contribution is 2.39. The molecule has 1 aromatic rings. The van der Waals surface area contributed by atoms with Crippen molar-refractivity contribution in [3.8, 4) is 0 Å². The molecule has 4 heteroatoms. The number of aliphatic hydroxyl groups is 1. The van der Waals surface area contributed by atoms with Crippen molar-refractivity contribution in [2.45, 2.75) is 57.6 Å². The van der Waals surface area contributed by atoms with Crippen LogP contribution >= 0.6 is 0 Å². The number of benzene rings is 1. The van der Waals surface area contributed by atoms with Crippen LogP contribution < -0.4 is 0 Å². The van der Waals surface area contributed by atoms with Crippen LogP contribution in [0.2, 0.25) is 0 Å². The van der Waals surface area contributed by atoms with Gasteiger partial charge in [-0.1, -0.05) is 26.7 Å². The minimum absolute atomic E-state index is 0.244. The average molecular weight is 297 g/mol. The number of aliphatic hydroxyl groups excluding tert-OH is 1. The lowest BCUT2D eigenvalue weighted by Crippen LogP contribution is -2.55. The van der Waals surface area contributed by atoms with Gasteiger partial charge < -0.3 is 5.11 Å². The van der Waals surface area contributed by atoms with Crippen LogP contribution in [0.1, 0.15) is 45.1 Å². The molecule has 1 N–H and O–H groups in total. The van der Waals surface area contributed by atoms with Crippen LogP contribution in [0.25, 0.3) is 0 Å². The van der Waals surface area contributed by atoms with E-state index in [1.54, 1.807) is 0 Å². The minimum Gasteiger partial charge on any atom is -0.391 e. The molecule has 0 radical (unpaired) electrons. The highest BCUT2D eigenvalue weighted by Gasteiger charge is 2.44. The maximum Gasteiger partial charge on any atom is 0.126 e. The van der Waals surface area contributed by atoms with Crippen molar-refractivity contribution >= 4 is 0 Å². The Labute approximate surface area is 125 Å². The molecule has 0 spiro atoms. The summed E-state index contributed by atoms with van der Waals surface area (Å²) in [6.45, 7) is 5.95. The third-order valence-electron chi connectivity index (χ3n) is 4.83. The molecule has 0 bridgehead atoms. The van der Waals surface area contributed by atoms with Gasteiger partial charge in [-0.05, 0) is 43.6 Å². The summed E-state index contributed by atoms with van der Waals surface area (Å²) in [5.41, 5.74) is 0.283. The summed E-state index contributed by atoms with van der Waals surface area (Å²) in [6, 6.07) is 3.50. The Kier molecular flexibility index (Phi) is 5.33.